The van der Waals surface area contributed by atoms with Gasteiger partial charge in [-0.05, 0) is 30.3 Å². The van der Waals surface area contributed by atoms with E-state index < -0.39 is 10.1 Å². The van der Waals surface area contributed by atoms with E-state index in [1.54, 1.807) is 12.3 Å². The van der Waals surface area contributed by atoms with Gasteiger partial charge in [0.25, 0.3) is 10.1 Å². The normalized spacial score (nSPS) is 11.6. The average Bonchev–Trinajstić information content (AvgIpc) is 2.63. The molecule has 0 unspecified atom stereocenters. The second-order valence-corrected chi connectivity index (χ2v) is 4.63. The van der Waals surface area contributed by atoms with Crippen molar-refractivity contribution in [3.05, 3.63) is 42.6 Å². The van der Waals surface area contributed by atoms with Crippen LogP contribution in [0.4, 0.5) is 0 Å². The van der Waals surface area contributed by atoms with E-state index in [0.717, 1.165) is 0 Å². The third-order valence-electron chi connectivity index (χ3n) is 2.14. The van der Waals surface area contributed by atoms with Crippen LogP contribution in [0.3, 0.4) is 0 Å². The maximum atomic E-state index is 10.8. The first kappa shape index (κ1) is 10.7. The van der Waals surface area contributed by atoms with Crippen LogP contribution in [-0.4, -0.2) is 22.6 Å². The van der Waals surface area contributed by atoms with Crippen LogP contribution in [0.25, 0.3) is 5.69 Å². The number of nitrogens with zero attached hydrogens (tertiary/aromatic N) is 1. The SMILES string of the molecule is O=S(=O)(O)c1ccc(-n2cccc2O)cc1. The summed E-state index contributed by atoms with van der Waals surface area (Å²) in [7, 11) is -4.17. The Morgan fingerprint density at radius 2 is 1.69 bits per heavy atom. The van der Waals surface area contributed by atoms with E-state index in [2.05, 4.69) is 0 Å². The van der Waals surface area contributed by atoms with Crippen molar-refractivity contribution in [3.8, 4) is 11.6 Å². The van der Waals surface area contributed by atoms with Crippen LogP contribution >= 0.6 is 0 Å². The second kappa shape index (κ2) is 3.66. The van der Waals surface area contributed by atoms with E-state index in [9.17, 15) is 13.5 Å². The second-order valence-electron chi connectivity index (χ2n) is 3.21. The predicted molar refractivity (Wildman–Crippen MR) is 57.2 cm³/mol. The summed E-state index contributed by atoms with van der Waals surface area (Å²) in [4.78, 5) is -0.178. The van der Waals surface area contributed by atoms with Gasteiger partial charge < -0.3 is 5.11 Å². The van der Waals surface area contributed by atoms with Crippen LogP contribution in [0.1, 0.15) is 0 Å². The molecule has 0 saturated carbocycles. The molecule has 2 N–H and O–H groups in total. The lowest BCUT2D eigenvalue weighted by Crippen LogP contribution is -1.98. The summed E-state index contributed by atoms with van der Waals surface area (Å²) in [6.07, 6.45) is 1.64. The zero-order valence-electron chi connectivity index (χ0n) is 8.11. The highest BCUT2D eigenvalue weighted by molar-refractivity contribution is 7.85. The summed E-state index contributed by atoms with van der Waals surface area (Å²) in [5, 5.41) is 9.43. The van der Waals surface area contributed by atoms with Crippen molar-refractivity contribution in [1.82, 2.24) is 4.57 Å². The van der Waals surface area contributed by atoms with E-state index in [1.807, 2.05) is 0 Å². The molecule has 0 aliphatic heterocycles. The highest BCUT2D eigenvalue weighted by Gasteiger charge is 2.09. The summed E-state index contributed by atoms with van der Waals surface area (Å²) in [6.45, 7) is 0. The standard InChI is InChI=1S/C10H9NO4S/c12-10-2-1-7-11(10)8-3-5-9(6-4-8)16(13,14)15/h1-7,12H,(H,13,14,15). The molecule has 84 valence electrons. The van der Waals surface area contributed by atoms with Crippen molar-refractivity contribution < 1.29 is 18.1 Å². The first-order chi connectivity index (χ1) is 7.48. The van der Waals surface area contributed by atoms with E-state index >= 15 is 0 Å². The quantitative estimate of drug-likeness (QED) is 0.777. The minimum Gasteiger partial charge on any atom is -0.494 e. The number of aromatic nitrogens is 1. The first-order valence-corrected chi connectivity index (χ1v) is 5.87. The Balaban J connectivity index is 2.45. The molecular weight excluding hydrogens is 230 g/mol. The van der Waals surface area contributed by atoms with Crippen molar-refractivity contribution in [1.29, 1.82) is 0 Å². The minimum atomic E-state index is -4.17. The van der Waals surface area contributed by atoms with E-state index in [-0.39, 0.29) is 10.8 Å². The summed E-state index contributed by atoms with van der Waals surface area (Å²) >= 11 is 0. The molecule has 0 atom stereocenters. The number of rotatable bonds is 2. The van der Waals surface area contributed by atoms with Crippen molar-refractivity contribution in [3.63, 3.8) is 0 Å². The van der Waals surface area contributed by atoms with Crippen LogP contribution in [0.15, 0.2) is 47.5 Å². The molecule has 0 aliphatic carbocycles. The van der Waals surface area contributed by atoms with Crippen molar-refractivity contribution >= 4 is 10.1 Å². The lowest BCUT2D eigenvalue weighted by atomic mass is 10.3. The zero-order chi connectivity index (χ0) is 11.8. The Hall–Kier alpha value is -1.79. The van der Waals surface area contributed by atoms with Crippen LogP contribution in [-0.2, 0) is 10.1 Å². The predicted octanol–water partition coefficient (Wildman–Crippen LogP) is 1.43. The Morgan fingerprint density at radius 3 is 2.12 bits per heavy atom. The largest absolute Gasteiger partial charge is 0.494 e. The molecule has 1 heterocycles. The molecular formula is C10H9NO4S. The van der Waals surface area contributed by atoms with Gasteiger partial charge in [-0.25, -0.2) is 0 Å². The maximum Gasteiger partial charge on any atom is 0.294 e. The summed E-state index contributed by atoms with van der Waals surface area (Å²) in [5.41, 5.74) is 0.606. The smallest absolute Gasteiger partial charge is 0.294 e. The van der Waals surface area contributed by atoms with Gasteiger partial charge in [0, 0.05) is 18.0 Å². The number of benzene rings is 1. The first-order valence-electron chi connectivity index (χ1n) is 4.43. The molecule has 16 heavy (non-hydrogen) atoms. The summed E-state index contributed by atoms with van der Waals surface area (Å²) in [6, 6.07) is 8.68. The molecule has 0 spiro atoms. The third-order valence-corrected chi connectivity index (χ3v) is 3.01. The molecule has 1 aromatic heterocycles. The minimum absolute atomic E-state index is 0.0552. The van der Waals surface area contributed by atoms with Crippen molar-refractivity contribution in [2.24, 2.45) is 0 Å². The van der Waals surface area contributed by atoms with Gasteiger partial charge in [-0.3, -0.25) is 9.12 Å². The fraction of sp³-hybridized carbons (Fsp3) is 0. The average molecular weight is 239 g/mol. The fourth-order valence-corrected chi connectivity index (χ4v) is 1.85. The van der Waals surface area contributed by atoms with Gasteiger partial charge >= 0.3 is 0 Å². The molecule has 2 rings (SSSR count). The van der Waals surface area contributed by atoms with Gasteiger partial charge in [0.15, 0.2) is 5.88 Å². The van der Waals surface area contributed by atoms with Gasteiger partial charge in [0.2, 0.25) is 0 Å². The van der Waals surface area contributed by atoms with Crippen LogP contribution < -0.4 is 0 Å². The maximum absolute atomic E-state index is 10.8. The number of aromatic hydroxyl groups is 1. The molecule has 0 radical (unpaired) electrons. The molecule has 0 aliphatic rings. The lowest BCUT2D eigenvalue weighted by Gasteiger charge is -2.05. The summed E-state index contributed by atoms with van der Waals surface area (Å²) in [5.74, 6) is 0.0552. The third kappa shape index (κ3) is 1.93. The van der Waals surface area contributed by atoms with Crippen molar-refractivity contribution in [2.75, 3.05) is 0 Å². The Kier molecular flexibility index (Phi) is 2.45. The molecule has 1 aromatic carbocycles. The van der Waals surface area contributed by atoms with E-state index in [4.69, 9.17) is 4.55 Å². The van der Waals surface area contributed by atoms with Crippen LogP contribution in [0.2, 0.25) is 0 Å². The Morgan fingerprint density at radius 1 is 1.06 bits per heavy atom. The van der Waals surface area contributed by atoms with Gasteiger partial charge in [0.05, 0.1) is 4.90 Å². The molecule has 0 amide bonds. The molecule has 0 bridgehead atoms. The monoisotopic (exact) mass is 239 g/mol. The highest BCUT2D eigenvalue weighted by atomic mass is 32.2. The van der Waals surface area contributed by atoms with Gasteiger partial charge in [-0.15, -0.1) is 0 Å². The molecule has 5 nitrogen and oxygen atoms in total. The van der Waals surface area contributed by atoms with Crippen LogP contribution in [0.5, 0.6) is 5.88 Å². The van der Waals surface area contributed by atoms with Gasteiger partial charge in [0.1, 0.15) is 0 Å². The molecule has 0 fully saturated rings. The lowest BCUT2D eigenvalue weighted by molar-refractivity contribution is 0.443. The number of hydrogen-bond acceptors (Lipinski definition) is 3. The van der Waals surface area contributed by atoms with Gasteiger partial charge in [-0.1, -0.05) is 0 Å². The number of hydrogen-bond donors (Lipinski definition) is 2. The molecule has 6 heteroatoms. The van der Waals surface area contributed by atoms with Crippen molar-refractivity contribution in [2.45, 2.75) is 4.90 Å². The molecule has 2 aromatic rings. The zero-order valence-corrected chi connectivity index (χ0v) is 8.92. The fourth-order valence-electron chi connectivity index (χ4n) is 1.37. The topological polar surface area (TPSA) is 79.5 Å². The van der Waals surface area contributed by atoms with E-state index in [0.29, 0.717) is 5.69 Å². The Bertz CT molecular complexity index is 598. The highest BCUT2D eigenvalue weighted by Crippen LogP contribution is 2.19. The molecule has 0 saturated heterocycles. The van der Waals surface area contributed by atoms with Crippen LogP contribution in [0, 0.1) is 0 Å². The van der Waals surface area contributed by atoms with Gasteiger partial charge in [-0.2, -0.15) is 8.42 Å². The Labute approximate surface area is 92.3 Å². The summed E-state index contributed by atoms with van der Waals surface area (Å²) < 4.78 is 31.9. The van der Waals surface area contributed by atoms with E-state index in [1.165, 1.54) is 34.9 Å².